The molecule has 0 aliphatic carbocycles. The standard InChI is InChI=1S/C24H25ClN2/c1-16(2)27-23-11-6-18(13-22(23)17(3)14-24(27,4)5)12-20(15-26)19-7-9-21(25)10-8-19/h6-14,16H,1-5H3/b20-12-. The van der Waals surface area contributed by atoms with Gasteiger partial charge in [0.05, 0.1) is 17.2 Å². The molecule has 2 aromatic rings. The average molecular weight is 377 g/mol. The summed E-state index contributed by atoms with van der Waals surface area (Å²) >= 11 is 5.96. The van der Waals surface area contributed by atoms with Gasteiger partial charge in [0.25, 0.3) is 0 Å². The van der Waals surface area contributed by atoms with Crippen molar-refractivity contribution >= 4 is 34.5 Å². The second kappa shape index (κ2) is 7.25. The van der Waals surface area contributed by atoms with Crippen LogP contribution in [0.3, 0.4) is 0 Å². The molecule has 0 unspecified atom stereocenters. The van der Waals surface area contributed by atoms with Crippen molar-refractivity contribution in [3.63, 3.8) is 0 Å². The predicted octanol–water partition coefficient (Wildman–Crippen LogP) is 6.81. The van der Waals surface area contributed by atoms with Crippen LogP contribution in [0.1, 0.15) is 51.3 Å². The van der Waals surface area contributed by atoms with Gasteiger partial charge in [-0.1, -0.05) is 35.9 Å². The summed E-state index contributed by atoms with van der Waals surface area (Å²) in [4.78, 5) is 2.45. The third-order valence-corrected chi connectivity index (χ3v) is 5.25. The summed E-state index contributed by atoms with van der Waals surface area (Å²) in [5.74, 6) is 0. The summed E-state index contributed by atoms with van der Waals surface area (Å²) in [6.07, 6.45) is 4.27. The molecule has 0 fully saturated rings. The maximum Gasteiger partial charge on any atom is 0.0998 e. The monoisotopic (exact) mass is 376 g/mol. The first-order valence-corrected chi connectivity index (χ1v) is 9.61. The molecule has 0 saturated heterocycles. The Hall–Kier alpha value is -2.50. The van der Waals surface area contributed by atoms with Gasteiger partial charge in [-0.15, -0.1) is 0 Å². The van der Waals surface area contributed by atoms with E-state index in [1.54, 1.807) is 0 Å². The Bertz CT molecular complexity index is 957. The molecule has 27 heavy (non-hydrogen) atoms. The highest BCUT2D eigenvalue weighted by Crippen LogP contribution is 2.40. The van der Waals surface area contributed by atoms with Crippen LogP contribution < -0.4 is 4.90 Å². The van der Waals surface area contributed by atoms with E-state index < -0.39 is 0 Å². The van der Waals surface area contributed by atoms with Crippen molar-refractivity contribution in [2.24, 2.45) is 0 Å². The highest BCUT2D eigenvalue weighted by atomic mass is 35.5. The minimum atomic E-state index is -0.0241. The van der Waals surface area contributed by atoms with Crippen molar-refractivity contribution in [1.29, 1.82) is 5.26 Å². The van der Waals surface area contributed by atoms with Gasteiger partial charge in [0.1, 0.15) is 0 Å². The van der Waals surface area contributed by atoms with E-state index in [4.69, 9.17) is 11.6 Å². The van der Waals surface area contributed by atoms with Crippen LogP contribution in [0.4, 0.5) is 5.69 Å². The van der Waals surface area contributed by atoms with Crippen molar-refractivity contribution in [3.05, 3.63) is 70.3 Å². The fraction of sp³-hybridized carbons (Fsp3) is 0.292. The van der Waals surface area contributed by atoms with Gasteiger partial charge in [-0.25, -0.2) is 0 Å². The van der Waals surface area contributed by atoms with E-state index in [1.165, 1.54) is 16.8 Å². The van der Waals surface area contributed by atoms with Crippen LogP contribution in [0.2, 0.25) is 5.02 Å². The molecule has 3 heteroatoms. The van der Waals surface area contributed by atoms with Crippen molar-refractivity contribution in [3.8, 4) is 6.07 Å². The second-order valence-corrected chi connectivity index (χ2v) is 8.33. The summed E-state index contributed by atoms with van der Waals surface area (Å²) in [5.41, 5.74) is 6.25. The summed E-state index contributed by atoms with van der Waals surface area (Å²) in [6.45, 7) is 11.1. The number of benzene rings is 2. The van der Waals surface area contributed by atoms with Crippen LogP contribution in [0.5, 0.6) is 0 Å². The predicted molar refractivity (Wildman–Crippen MR) is 117 cm³/mol. The van der Waals surface area contributed by atoms with Crippen molar-refractivity contribution in [2.45, 2.75) is 46.2 Å². The third-order valence-electron chi connectivity index (χ3n) is 5.00. The highest BCUT2D eigenvalue weighted by Gasteiger charge is 2.32. The van der Waals surface area contributed by atoms with Gasteiger partial charge in [-0.05, 0) is 81.7 Å². The minimum absolute atomic E-state index is 0.0241. The number of anilines is 1. The van der Waals surface area contributed by atoms with E-state index in [2.05, 4.69) is 69.9 Å². The van der Waals surface area contributed by atoms with Crippen LogP contribution in [0.15, 0.2) is 48.5 Å². The number of hydrogen-bond donors (Lipinski definition) is 0. The molecular formula is C24H25ClN2. The van der Waals surface area contributed by atoms with E-state index in [0.29, 0.717) is 16.6 Å². The zero-order valence-electron chi connectivity index (χ0n) is 16.5. The molecule has 0 bridgehead atoms. The fourth-order valence-electron chi connectivity index (χ4n) is 4.08. The van der Waals surface area contributed by atoms with Crippen LogP contribution >= 0.6 is 11.6 Å². The van der Waals surface area contributed by atoms with E-state index in [-0.39, 0.29) is 5.54 Å². The highest BCUT2D eigenvalue weighted by molar-refractivity contribution is 6.30. The number of fused-ring (bicyclic) bond motifs is 1. The summed E-state index contributed by atoms with van der Waals surface area (Å²) in [7, 11) is 0. The summed E-state index contributed by atoms with van der Waals surface area (Å²) < 4.78 is 0. The number of rotatable bonds is 3. The first kappa shape index (κ1) is 19.3. The number of halogens is 1. The lowest BCUT2D eigenvalue weighted by Crippen LogP contribution is -2.49. The van der Waals surface area contributed by atoms with Gasteiger partial charge in [0.2, 0.25) is 0 Å². The Balaban J connectivity index is 2.07. The van der Waals surface area contributed by atoms with Crippen LogP contribution in [-0.2, 0) is 0 Å². The number of nitrogens with zero attached hydrogens (tertiary/aromatic N) is 2. The molecule has 1 heterocycles. The van der Waals surface area contributed by atoms with E-state index in [1.807, 2.05) is 30.3 Å². The molecular weight excluding hydrogens is 352 g/mol. The maximum absolute atomic E-state index is 9.61. The first-order valence-electron chi connectivity index (χ1n) is 9.24. The largest absolute Gasteiger partial charge is 0.360 e. The molecule has 3 rings (SSSR count). The van der Waals surface area contributed by atoms with E-state index in [9.17, 15) is 5.26 Å². The molecule has 2 aromatic carbocycles. The molecule has 0 aromatic heterocycles. The van der Waals surface area contributed by atoms with Gasteiger partial charge in [0, 0.05) is 22.3 Å². The normalized spacial score (nSPS) is 16.0. The molecule has 0 saturated carbocycles. The van der Waals surface area contributed by atoms with Crippen LogP contribution in [0.25, 0.3) is 17.2 Å². The van der Waals surface area contributed by atoms with Gasteiger partial charge in [-0.2, -0.15) is 5.26 Å². The van der Waals surface area contributed by atoms with Gasteiger partial charge in [-0.3, -0.25) is 0 Å². The Kier molecular flexibility index (Phi) is 5.18. The lowest BCUT2D eigenvalue weighted by atomic mass is 9.86. The molecule has 0 spiro atoms. The number of nitriles is 1. The zero-order chi connectivity index (χ0) is 19.8. The summed E-state index contributed by atoms with van der Waals surface area (Å²) in [6, 6.07) is 16.5. The molecule has 0 radical (unpaired) electrons. The lowest BCUT2D eigenvalue weighted by molar-refractivity contribution is 0.507. The molecule has 0 N–H and O–H groups in total. The number of allylic oxidation sites excluding steroid dienone is 2. The second-order valence-electron chi connectivity index (χ2n) is 7.90. The molecule has 1 aliphatic rings. The quantitative estimate of drug-likeness (QED) is 0.434. The van der Waals surface area contributed by atoms with Gasteiger partial charge >= 0.3 is 0 Å². The SMILES string of the molecule is CC1=CC(C)(C)N(C(C)C)c2ccc(/C=C(/C#N)c3ccc(Cl)cc3)cc21. The molecule has 0 atom stereocenters. The Morgan fingerprint density at radius 3 is 2.41 bits per heavy atom. The van der Waals surface area contributed by atoms with E-state index >= 15 is 0 Å². The van der Waals surface area contributed by atoms with E-state index in [0.717, 1.165) is 11.1 Å². The maximum atomic E-state index is 9.61. The Morgan fingerprint density at radius 1 is 1.15 bits per heavy atom. The molecule has 0 amide bonds. The van der Waals surface area contributed by atoms with Crippen LogP contribution in [-0.4, -0.2) is 11.6 Å². The minimum Gasteiger partial charge on any atom is -0.360 e. The number of hydrogen-bond acceptors (Lipinski definition) is 2. The topological polar surface area (TPSA) is 27.0 Å². The summed E-state index contributed by atoms with van der Waals surface area (Å²) in [5, 5.41) is 10.3. The smallest absolute Gasteiger partial charge is 0.0998 e. The van der Waals surface area contributed by atoms with Crippen LogP contribution in [0, 0.1) is 11.3 Å². The Labute approximate surface area is 167 Å². The lowest BCUT2D eigenvalue weighted by Gasteiger charge is -2.46. The van der Waals surface area contributed by atoms with Crippen molar-refractivity contribution < 1.29 is 0 Å². The van der Waals surface area contributed by atoms with Crippen molar-refractivity contribution in [1.82, 2.24) is 0 Å². The zero-order valence-corrected chi connectivity index (χ0v) is 17.3. The van der Waals surface area contributed by atoms with Gasteiger partial charge < -0.3 is 4.90 Å². The van der Waals surface area contributed by atoms with Gasteiger partial charge in [0.15, 0.2) is 0 Å². The first-order chi connectivity index (χ1) is 12.7. The Morgan fingerprint density at radius 2 is 1.81 bits per heavy atom. The third kappa shape index (κ3) is 3.80. The van der Waals surface area contributed by atoms with Crippen molar-refractivity contribution in [2.75, 3.05) is 4.90 Å². The fourth-order valence-corrected chi connectivity index (χ4v) is 4.20. The molecule has 1 aliphatic heterocycles. The molecule has 138 valence electrons. The molecule has 2 nitrogen and oxygen atoms in total. The average Bonchev–Trinajstić information content (AvgIpc) is 2.60.